The van der Waals surface area contributed by atoms with E-state index in [1.165, 1.54) is 24.8 Å². The molecule has 1 fully saturated rings. The van der Waals surface area contributed by atoms with Gasteiger partial charge < -0.3 is 10.0 Å². The first-order valence-corrected chi connectivity index (χ1v) is 7.17. The van der Waals surface area contributed by atoms with Crippen molar-refractivity contribution in [1.82, 2.24) is 4.90 Å². The van der Waals surface area contributed by atoms with Gasteiger partial charge in [-0.15, -0.1) is 0 Å². The maximum Gasteiger partial charge on any atom is 0.0916 e. The van der Waals surface area contributed by atoms with Gasteiger partial charge in [0.25, 0.3) is 0 Å². The Morgan fingerprint density at radius 2 is 1.56 bits per heavy atom. The largest absolute Gasteiger partial charge is 0.387 e. The molecule has 0 spiro atoms. The quantitative estimate of drug-likeness (QED) is 0.882. The second-order valence-electron chi connectivity index (χ2n) is 5.70. The molecule has 1 atom stereocenters. The third-order valence-electron chi connectivity index (χ3n) is 3.87. The maximum atomic E-state index is 10.3. The summed E-state index contributed by atoms with van der Waals surface area (Å²) >= 11 is 0. The summed E-state index contributed by atoms with van der Waals surface area (Å²) in [7, 11) is 0. The topological polar surface area (TPSA) is 23.5 Å². The van der Waals surface area contributed by atoms with Crippen molar-refractivity contribution in [2.45, 2.75) is 45.1 Å². The SMILES string of the molecule is CC(C)c1ccc(C(O)CN2CCCCC2)cc1. The van der Waals surface area contributed by atoms with Crippen molar-refractivity contribution in [2.75, 3.05) is 19.6 Å². The number of benzene rings is 1. The van der Waals surface area contributed by atoms with Gasteiger partial charge in [0.2, 0.25) is 0 Å². The fraction of sp³-hybridized carbons (Fsp3) is 0.625. The highest BCUT2D eigenvalue weighted by atomic mass is 16.3. The molecular weight excluding hydrogens is 222 g/mol. The minimum atomic E-state index is -0.343. The summed E-state index contributed by atoms with van der Waals surface area (Å²) in [4.78, 5) is 2.38. The Balaban J connectivity index is 1.93. The molecule has 1 aromatic carbocycles. The van der Waals surface area contributed by atoms with E-state index in [0.29, 0.717) is 5.92 Å². The van der Waals surface area contributed by atoms with Crippen molar-refractivity contribution in [3.05, 3.63) is 35.4 Å². The molecule has 0 amide bonds. The molecule has 0 radical (unpaired) electrons. The Morgan fingerprint density at radius 3 is 2.11 bits per heavy atom. The van der Waals surface area contributed by atoms with Crippen molar-refractivity contribution < 1.29 is 5.11 Å². The van der Waals surface area contributed by atoms with Gasteiger partial charge in [-0.25, -0.2) is 0 Å². The molecule has 2 rings (SSSR count). The van der Waals surface area contributed by atoms with E-state index < -0.39 is 0 Å². The minimum Gasteiger partial charge on any atom is -0.387 e. The fourth-order valence-electron chi connectivity index (χ4n) is 2.60. The lowest BCUT2D eigenvalue weighted by Gasteiger charge is -2.28. The van der Waals surface area contributed by atoms with E-state index in [1.54, 1.807) is 0 Å². The molecule has 0 bridgehead atoms. The van der Waals surface area contributed by atoms with Crippen molar-refractivity contribution >= 4 is 0 Å². The van der Waals surface area contributed by atoms with Gasteiger partial charge in [-0.05, 0) is 43.0 Å². The van der Waals surface area contributed by atoms with Crippen LogP contribution in [0.1, 0.15) is 56.3 Å². The van der Waals surface area contributed by atoms with Gasteiger partial charge in [-0.3, -0.25) is 0 Å². The van der Waals surface area contributed by atoms with Crippen molar-refractivity contribution in [1.29, 1.82) is 0 Å². The van der Waals surface area contributed by atoms with Crippen LogP contribution in [0.5, 0.6) is 0 Å². The second-order valence-corrected chi connectivity index (χ2v) is 5.70. The lowest BCUT2D eigenvalue weighted by molar-refractivity contribution is 0.101. The maximum absolute atomic E-state index is 10.3. The van der Waals surface area contributed by atoms with Crippen LogP contribution in [0.15, 0.2) is 24.3 Å². The van der Waals surface area contributed by atoms with Gasteiger partial charge in [0, 0.05) is 6.54 Å². The van der Waals surface area contributed by atoms with Gasteiger partial charge in [0.1, 0.15) is 0 Å². The normalized spacial score (nSPS) is 19.1. The Morgan fingerprint density at radius 1 is 1.00 bits per heavy atom. The average molecular weight is 247 g/mol. The van der Waals surface area contributed by atoms with Gasteiger partial charge in [0.15, 0.2) is 0 Å². The van der Waals surface area contributed by atoms with E-state index in [1.807, 2.05) is 0 Å². The third kappa shape index (κ3) is 3.56. The average Bonchev–Trinajstić information content (AvgIpc) is 2.40. The molecule has 0 aromatic heterocycles. The number of β-amino-alcohol motifs (C(OH)–C–C–N with tert-alkyl or cyclic N) is 1. The molecule has 1 saturated heterocycles. The van der Waals surface area contributed by atoms with Crippen molar-refractivity contribution in [3.8, 4) is 0 Å². The molecule has 1 heterocycles. The number of piperidine rings is 1. The molecule has 100 valence electrons. The molecule has 1 N–H and O–H groups in total. The number of likely N-dealkylation sites (tertiary alicyclic amines) is 1. The lowest BCUT2D eigenvalue weighted by atomic mass is 9.99. The van der Waals surface area contributed by atoms with Crippen LogP contribution in [0.3, 0.4) is 0 Å². The van der Waals surface area contributed by atoms with Gasteiger partial charge in [-0.1, -0.05) is 44.5 Å². The number of aliphatic hydroxyl groups excluding tert-OH is 1. The Labute approximate surface area is 111 Å². The van der Waals surface area contributed by atoms with Crippen LogP contribution < -0.4 is 0 Å². The summed E-state index contributed by atoms with van der Waals surface area (Å²) in [5, 5.41) is 10.3. The molecule has 1 aliphatic heterocycles. The zero-order valence-corrected chi connectivity index (χ0v) is 11.6. The summed E-state index contributed by atoms with van der Waals surface area (Å²) in [5.41, 5.74) is 2.38. The zero-order chi connectivity index (χ0) is 13.0. The number of hydrogen-bond acceptors (Lipinski definition) is 2. The number of hydrogen-bond donors (Lipinski definition) is 1. The van der Waals surface area contributed by atoms with Crippen LogP contribution >= 0.6 is 0 Å². The van der Waals surface area contributed by atoms with Crippen LogP contribution in [0.4, 0.5) is 0 Å². The first kappa shape index (κ1) is 13.6. The smallest absolute Gasteiger partial charge is 0.0916 e. The van der Waals surface area contributed by atoms with Gasteiger partial charge in [-0.2, -0.15) is 0 Å². The predicted octanol–water partition coefficient (Wildman–Crippen LogP) is 3.33. The summed E-state index contributed by atoms with van der Waals surface area (Å²) in [6, 6.07) is 8.42. The molecule has 1 aliphatic rings. The molecular formula is C16H25NO. The summed E-state index contributed by atoms with van der Waals surface area (Å²) < 4.78 is 0. The number of nitrogens with zero attached hydrogens (tertiary/aromatic N) is 1. The summed E-state index contributed by atoms with van der Waals surface area (Å²) in [6.45, 7) is 7.45. The molecule has 2 heteroatoms. The highest BCUT2D eigenvalue weighted by molar-refractivity contribution is 5.26. The first-order chi connectivity index (χ1) is 8.66. The zero-order valence-electron chi connectivity index (χ0n) is 11.6. The molecule has 2 nitrogen and oxygen atoms in total. The van der Waals surface area contributed by atoms with E-state index >= 15 is 0 Å². The Bertz CT molecular complexity index is 352. The molecule has 1 unspecified atom stereocenters. The number of rotatable bonds is 4. The van der Waals surface area contributed by atoms with Crippen LogP contribution in [-0.4, -0.2) is 29.6 Å². The predicted molar refractivity (Wildman–Crippen MR) is 75.8 cm³/mol. The van der Waals surface area contributed by atoms with E-state index in [-0.39, 0.29) is 6.10 Å². The van der Waals surface area contributed by atoms with Crippen LogP contribution in [-0.2, 0) is 0 Å². The van der Waals surface area contributed by atoms with Crippen LogP contribution in [0, 0.1) is 0 Å². The molecule has 0 saturated carbocycles. The highest BCUT2D eigenvalue weighted by Gasteiger charge is 2.15. The Kier molecular flexibility index (Phi) is 4.79. The second kappa shape index (κ2) is 6.35. The summed E-state index contributed by atoms with van der Waals surface area (Å²) in [6.07, 6.45) is 3.55. The van der Waals surface area contributed by atoms with Gasteiger partial charge >= 0.3 is 0 Å². The third-order valence-corrected chi connectivity index (χ3v) is 3.87. The minimum absolute atomic E-state index is 0.343. The van der Waals surface area contributed by atoms with Crippen molar-refractivity contribution in [3.63, 3.8) is 0 Å². The first-order valence-electron chi connectivity index (χ1n) is 7.17. The van der Waals surface area contributed by atoms with Crippen LogP contribution in [0.2, 0.25) is 0 Å². The molecule has 1 aromatic rings. The Hall–Kier alpha value is -0.860. The van der Waals surface area contributed by atoms with E-state index in [9.17, 15) is 5.11 Å². The van der Waals surface area contributed by atoms with Gasteiger partial charge in [0.05, 0.1) is 6.10 Å². The monoisotopic (exact) mass is 247 g/mol. The van der Waals surface area contributed by atoms with E-state index in [4.69, 9.17) is 0 Å². The van der Waals surface area contributed by atoms with Crippen LogP contribution in [0.25, 0.3) is 0 Å². The fourth-order valence-corrected chi connectivity index (χ4v) is 2.60. The molecule has 18 heavy (non-hydrogen) atoms. The number of aliphatic hydroxyl groups is 1. The van der Waals surface area contributed by atoms with Crippen molar-refractivity contribution in [2.24, 2.45) is 0 Å². The summed E-state index contributed by atoms with van der Waals surface area (Å²) in [5.74, 6) is 0.554. The van der Waals surface area contributed by atoms with E-state index in [0.717, 1.165) is 25.2 Å². The molecule has 0 aliphatic carbocycles. The van der Waals surface area contributed by atoms with E-state index in [2.05, 4.69) is 43.0 Å². The standard InChI is InChI=1S/C16H25NO/c1-13(2)14-6-8-15(9-7-14)16(18)12-17-10-4-3-5-11-17/h6-9,13,16,18H,3-5,10-12H2,1-2H3. The highest BCUT2D eigenvalue weighted by Crippen LogP contribution is 2.20. The lowest BCUT2D eigenvalue weighted by Crippen LogP contribution is -2.33.